The monoisotopic (exact) mass is 137 g/mol. The summed E-state index contributed by atoms with van der Waals surface area (Å²) in [6.45, 7) is 0.938. The molecule has 1 rings (SSSR count). The highest BCUT2D eigenvalue weighted by Gasteiger charge is 2.18. The summed E-state index contributed by atoms with van der Waals surface area (Å²) >= 11 is 0. The third-order valence-electron chi connectivity index (χ3n) is 1.20. The minimum atomic E-state index is -2.24. The molecule has 1 aliphatic rings. The first-order chi connectivity index (χ1) is 4.29. The van der Waals surface area contributed by atoms with Crippen molar-refractivity contribution < 1.29 is 13.5 Å². The quantitative estimate of drug-likeness (QED) is 0.601. The van der Waals surface area contributed by atoms with E-state index in [-0.39, 0.29) is 12.6 Å². The summed E-state index contributed by atoms with van der Waals surface area (Å²) in [5, 5.41) is 2.64. The minimum Gasteiger partial charge on any atom is -0.378 e. The Morgan fingerprint density at radius 3 is 2.56 bits per heavy atom. The zero-order chi connectivity index (χ0) is 6.69. The summed E-state index contributed by atoms with van der Waals surface area (Å²) in [4.78, 5) is 0. The fourth-order valence-corrected chi connectivity index (χ4v) is 0.609. The summed E-state index contributed by atoms with van der Waals surface area (Å²) in [5.41, 5.74) is 0. The lowest BCUT2D eigenvalue weighted by Gasteiger charge is -2.26. The van der Waals surface area contributed by atoms with Crippen LogP contribution in [0.3, 0.4) is 0 Å². The molecule has 0 aromatic carbocycles. The van der Waals surface area contributed by atoms with Crippen LogP contribution in [0.15, 0.2) is 0 Å². The third-order valence-corrected chi connectivity index (χ3v) is 1.20. The molecule has 0 atom stereocenters. The zero-order valence-corrected chi connectivity index (χ0v) is 4.94. The zero-order valence-electron chi connectivity index (χ0n) is 4.94. The summed E-state index contributed by atoms with van der Waals surface area (Å²) in [6, 6.07) is 0.166. The van der Waals surface area contributed by atoms with Gasteiger partial charge in [0.05, 0.1) is 25.8 Å². The first-order valence-corrected chi connectivity index (χ1v) is 2.88. The van der Waals surface area contributed by atoms with Gasteiger partial charge in [-0.1, -0.05) is 0 Å². The number of ether oxygens (including phenoxy) is 1. The van der Waals surface area contributed by atoms with Crippen molar-refractivity contribution in [2.75, 3.05) is 19.8 Å². The molecule has 0 unspecified atom stereocenters. The molecule has 4 heteroatoms. The van der Waals surface area contributed by atoms with E-state index >= 15 is 0 Å². The Morgan fingerprint density at radius 1 is 1.56 bits per heavy atom. The lowest BCUT2D eigenvalue weighted by molar-refractivity contribution is -0.0115. The fourth-order valence-electron chi connectivity index (χ4n) is 0.609. The van der Waals surface area contributed by atoms with Crippen LogP contribution in [0.5, 0.6) is 0 Å². The number of nitrogens with one attached hydrogen (secondary N) is 1. The van der Waals surface area contributed by atoms with Gasteiger partial charge in [0.2, 0.25) is 0 Å². The van der Waals surface area contributed by atoms with Crippen molar-refractivity contribution >= 4 is 0 Å². The molecule has 0 bridgehead atoms. The van der Waals surface area contributed by atoms with E-state index in [1.165, 1.54) is 0 Å². The average Bonchev–Trinajstić information content (AvgIpc) is 1.60. The smallest absolute Gasteiger partial charge is 0.250 e. The first kappa shape index (κ1) is 6.89. The van der Waals surface area contributed by atoms with E-state index in [1.807, 2.05) is 0 Å². The number of halogens is 2. The average molecular weight is 137 g/mol. The lowest BCUT2D eigenvalue weighted by Crippen LogP contribution is -2.47. The van der Waals surface area contributed by atoms with E-state index in [0.717, 1.165) is 0 Å². The van der Waals surface area contributed by atoms with E-state index < -0.39 is 6.43 Å². The molecule has 2 nitrogen and oxygen atoms in total. The van der Waals surface area contributed by atoms with Gasteiger partial charge in [-0.2, -0.15) is 0 Å². The van der Waals surface area contributed by atoms with Crippen molar-refractivity contribution in [2.45, 2.75) is 12.5 Å². The molecule has 0 amide bonds. The molecule has 0 aliphatic carbocycles. The van der Waals surface area contributed by atoms with Gasteiger partial charge >= 0.3 is 0 Å². The Bertz CT molecular complexity index is 85.0. The Kier molecular flexibility index (Phi) is 2.36. The van der Waals surface area contributed by atoms with Gasteiger partial charge in [0, 0.05) is 0 Å². The molecule has 9 heavy (non-hydrogen) atoms. The number of hydrogen-bond donors (Lipinski definition) is 1. The predicted molar refractivity (Wildman–Crippen MR) is 28.6 cm³/mol. The van der Waals surface area contributed by atoms with E-state index in [1.54, 1.807) is 0 Å². The Balaban J connectivity index is 1.91. The molecule has 54 valence electrons. The first-order valence-electron chi connectivity index (χ1n) is 2.88. The minimum absolute atomic E-state index is 0.166. The van der Waals surface area contributed by atoms with E-state index in [2.05, 4.69) is 5.32 Å². The molecule has 1 saturated heterocycles. The van der Waals surface area contributed by atoms with Gasteiger partial charge in [-0.3, -0.25) is 0 Å². The van der Waals surface area contributed by atoms with Crippen LogP contribution >= 0.6 is 0 Å². The molecule has 0 spiro atoms. The van der Waals surface area contributed by atoms with Crippen LogP contribution in [-0.4, -0.2) is 32.2 Å². The SMILES string of the molecule is FC(F)CNC1COC1. The summed E-state index contributed by atoms with van der Waals surface area (Å²) in [6.07, 6.45) is -2.24. The van der Waals surface area contributed by atoms with Crippen LogP contribution in [0, 0.1) is 0 Å². The van der Waals surface area contributed by atoms with Gasteiger partial charge in [0.1, 0.15) is 0 Å². The van der Waals surface area contributed by atoms with Crippen LogP contribution in [0.4, 0.5) is 8.78 Å². The lowest BCUT2D eigenvalue weighted by atomic mass is 10.2. The van der Waals surface area contributed by atoms with Crippen LogP contribution in [0.1, 0.15) is 0 Å². The van der Waals surface area contributed by atoms with Gasteiger partial charge in [-0.05, 0) is 0 Å². The normalized spacial score (nSPS) is 20.3. The highest BCUT2D eigenvalue weighted by molar-refractivity contribution is 4.72. The van der Waals surface area contributed by atoms with Crippen molar-refractivity contribution in [2.24, 2.45) is 0 Å². The molecular weight excluding hydrogens is 128 g/mol. The maximum absolute atomic E-state index is 11.5. The predicted octanol–water partition coefficient (Wildman–Crippen LogP) is 0.240. The number of rotatable bonds is 3. The molecule has 0 aromatic heterocycles. The largest absolute Gasteiger partial charge is 0.378 e. The molecule has 1 heterocycles. The van der Waals surface area contributed by atoms with Crippen molar-refractivity contribution in [3.05, 3.63) is 0 Å². The summed E-state index contributed by atoms with van der Waals surface area (Å²) in [5.74, 6) is 0. The van der Waals surface area contributed by atoms with Crippen LogP contribution in [0.25, 0.3) is 0 Å². The number of alkyl halides is 2. The van der Waals surface area contributed by atoms with E-state index in [9.17, 15) is 8.78 Å². The van der Waals surface area contributed by atoms with Gasteiger partial charge in [0.25, 0.3) is 6.43 Å². The topological polar surface area (TPSA) is 21.3 Å². The highest BCUT2D eigenvalue weighted by Crippen LogP contribution is 1.99. The van der Waals surface area contributed by atoms with Crippen LogP contribution in [-0.2, 0) is 4.74 Å². The number of hydrogen-bond acceptors (Lipinski definition) is 2. The van der Waals surface area contributed by atoms with E-state index in [0.29, 0.717) is 13.2 Å². The molecule has 1 fully saturated rings. The second-order valence-electron chi connectivity index (χ2n) is 2.03. The van der Waals surface area contributed by atoms with Crippen LogP contribution < -0.4 is 5.32 Å². The Morgan fingerprint density at radius 2 is 2.22 bits per heavy atom. The van der Waals surface area contributed by atoms with Gasteiger partial charge in [-0.15, -0.1) is 0 Å². The molecule has 0 saturated carbocycles. The van der Waals surface area contributed by atoms with Crippen molar-refractivity contribution in [1.82, 2.24) is 5.32 Å². The Hall–Kier alpha value is -0.220. The van der Waals surface area contributed by atoms with Crippen molar-refractivity contribution in [3.63, 3.8) is 0 Å². The van der Waals surface area contributed by atoms with E-state index in [4.69, 9.17) is 4.74 Å². The Labute approximate surface area is 52.2 Å². The maximum Gasteiger partial charge on any atom is 0.250 e. The summed E-state index contributed by atoms with van der Waals surface area (Å²) < 4.78 is 27.7. The molecule has 0 radical (unpaired) electrons. The van der Waals surface area contributed by atoms with Gasteiger partial charge in [-0.25, -0.2) is 8.78 Å². The summed E-state index contributed by atoms with van der Waals surface area (Å²) in [7, 11) is 0. The standard InChI is InChI=1S/C5H9F2NO/c6-5(7)1-8-4-2-9-3-4/h4-5,8H,1-3H2. The maximum atomic E-state index is 11.5. The molecule has 1 aliphatic heterocycles. The highest BCUT2D eigenvalue weighted by atomic mass is 19.3. The third kappa shape index (κ3) is 2.24. The van der Waals surface area contributed by atoms with Gasteiger partial charge < -0.3 is 10.1 Å². The van der Waals surface area contributed by atoms with Crippen molar-refractivity contribution in [3.8, 4) is 0 Å². The molecule has 1 N–H and O–H groups in total. The second-order valence-corrected chi connectivity index (χ2v) is 2.03. The second kappa shape index (κ2) is 3.08. The molecule has 0 aromatic rings. The van der Waals surface area contributed by atoms with Crippen molar-refractivity contribution in [1.29, 1.82) is 0 Å². The molecular formula is C5H9F2NO. The van der Waals surface area contributed by atoms with Crippen LogP contribution in [0.2, 0.25) is 0 Å². The van der Waals surface area contributed by atoms with Gasteiger partial charge in [0.15, 0.2) is 0 Å². The fraction of sp³-hybridized carbons (Fsp3) is 1.00.